The van der Waals surface area contributed by atoms with Crippen molar-refractivity contribution in [1.29, 1.82) is 0 Å². The van der Waals surface area contributed by atoms with Crippen molar-refractivity contribution in [3.63, 3.8) is 0 Å². The maximum Gasteiger partial charge on any atom is 0.339 e. The van der Waals surface area contributed by atoms with Gasteiger partial charge in [0.1, 0.15) is 11.3 Å². The number of carbonyl (C=O) groups excluding carboxylic acids is 1. The summed E-state index contributed by atoms with van der Waals surface area (Å²) in [6.45, 7) is 3.40. The van der Waals surface area contributed by atoms with E-state index in [1.54, 1.807) is 26.0 Å². The van der Waals surface area contributed by atoms with Gasteiger partial charge in [-0.15, -0.1) is 0 Å². The molecule has 2 rings (SSSR count). The number of carboxylic acids is 1. The summed E-state index contributed by atoms with van der Waals surface area (Å²) in [6, 6.07) is 3.30. The zero-order chi connectivity index (χ0) is 14.0. The molecule has 2 aromatic heterocycles. The lowest BCUT2D eigenvalue weighted by molar-refractivity contribution is 0.0696. The van der Waals surface area contributed by atoms with E-state index in [9.17, 15) is 9.59 Å². The Balaban J connectivity index is 2.35. The largest absolute Gasteiger partial charge is 0.478 e. The van der Waals surface area contributed by atoms with Gasteiger partial charge in [0.25, 0.3) is 0 Å². The summed E-state index contributed by atoms with van der Waals surface area (Å²) >= 11 is 0. The van der Waals surface area contributed by atoms with Gasteiger partial charge in [-0.2, -0.15) is 5.10 Å². The van der Waals surface area contributed by atoms with Gasteiger partial charge in [0.15, 0.2) is 5.78 Å². The van der Waals surface area contributed by atoms with Crippen molar-refractivity contribution < 1.29 is 14.7 Å². The van der Waals surface area contributed by atoms with E-state index in [1.807, 2.05) is 0 Å². The molecule has 0 aromatic carbocycles. The molecule has 0 aliphatic heterocycles. The summed E-state index contributed by atoms with van der Waals surface area (Å²) in [5, 5.41) is 13.1. The van der Waals surface area contributed by atoms with E-state index in [4.69, 9.17) is 5.11 Å². The minimum Gasteiger partial charge on any atom is -0.478 e. The summed E-state index contributed by atoms with van der Waals surface area (Å²) in [5.74, 6) is -1.05. The minimum atomic E-state index is -1.02. The van der Waals surface area contributed by atoms with Crippen LogP contribution in [0.4, 0.5) is 0 Å². The highest BCUT2D eigenvalue weighted by molar-refractivity contribution is 5.94. The fraction of sp³-hybridized carbons (Fsp3) is 0.231. The summed E-state index contributed by atoms with van der Waals surface area (Å²) in [4.78, 5) is 26.4. The molecule has 0 amide bonds. The maximum absolute atomic E-state index is 11.4. The van der Waals surface area contributed by atoms with Crippen LogP contribution in [0.25, 0.3) is 5.69 Å². The third-order valence-electron chi connectivity index (χ3n) is 2.75. The van der Waals surface area contributed by atoms with Crippen LogP contribution in [0, 0.1) is 6.92 Å². The Morgan fingerprint density at radius 2 is 2.11 bits per heavy atom. The molecule has 0 aliphatic rings. The number of aromatic carboxylic acids is 1. The lowest BCUT2D eigenvalue weighted by Gasteiger charge is -2.01. The highest BCUT2D eigenvalue weighted by Gasteiger charge is 2.13. The minimum absolute atomic E-state index is 0.0329. The Morgan fingerprint density at radius 1 is 1.37 bits per heavy atom. The average molecular weight is 259 g/mol. The van der Waals surface area contributed by atoms with Crippen molar-refractivity contribution in [1.82, 2.24) is 14.8 Å². The molecule has 2 heterocycles. The highest BCUT2D eigenvalue weighted by atomic mass is 16.4. The molecule has 0 unspecified atom stereocenters. The van der Waals surface area contributed by atoms with Crippen molar-refractivity contribution in [2.75, 3.05) is 0 Å². The Bertz CT molecular complexity index is 629. The van der Waals surface area contributed by atoms with Gasteiger partial charge in [-0.1, -0.05) is 6.92 Å². The number of ketones is 1. The smallest absolute Gasteiger partial charge is 0.339 e. The van der Waals surface area contributed by atoms with Crippen LogP contribution in [0.3, 0.4) is 0 Å². The van der Waals surface area contributed by atoms with E-state index in [0.717, 1.165) is 0 Å². The number of aryl methyl sites for hydroxylation is 1. The lowest BCUT2D eigenvalue weighted by Crippen LogP contribution is -2.02. The van der Waals surface area contributed by atoms with Crippen molar-refractivity contribution >= 4 is 11.8 Å². The second-order valence-electron chi connectivity index (χ2n) is 4.06. The number of rotatable bonds is 4. The first-order chi connectivity index (χ1) is 9.02. The van der Waals surface area contributed by atoms with Gasteiger partial charge in [0, 0.05) is 12.6 Å². The monoisotopic (exact) mass is 259 g/mol. The van der Waals surface area contributed by atoms with Gasteiger partial charge >= 0.3 is 5.97 Å². The molecule has 98 valence electrons. The van der Waals surface area contributed by atoms with Gasteiger partial charge in [0.2, 0.25) is 0 Å². The van der Waals surface area contributed by atoms with Crippen molar-refractivity contribution in [2.45, 2.75) is 20.3 Å². The molecule has 1 N–H and O–H groups in total. The second-order valence-corrected chi connectivity index (χ2v) is 4.06. The SMILES string of the molecule is CCC(=O)c1ccc(-n2cc(C(=O)O)c(C)n2)cn1. The first-order valence-corrected chi connectivity index (χ1v) is 5.82. The normalized spacial score (nSPS) is 10.4. The van der Waals surface area contributed by atoms with Crippen LogP contribution in [0.2, 0.25) is 0 Å². The molecule has 6 heteroatoms. The van der Waals surface area contributed by atoms with Crippen molar-refractivity contribution in [2.24, 2.45) is 0 Å². The van der Waals surface area contributed by atoms with Crippen LogP contribution in [-0.2, 0) is 0 Å². The van der Waals surface area contributed by atoms with Crippen molar-refractivity contribution in [3.8, 4) is 5.69 Å². The highest BCUT2D eigenvalue weighted by Crippen LogP contribution is 2.12. The average Bonchev–Trinajstić information content (AvgIpc) is 2.80. The molecule has 0 radical (unpaired) electrons. The summed E-state index contributed by atoms with van der Waals surface area (Å²) in [5.41, 5.74) is 1.59. The molecule has 6 nitrogen and oxygen atoms in total. The topological polar surface area (TPSA) is 85.1 Å². The molecule has 0 aliphatic carbocycles. The van der Waals surface area contributed by atoms with E-state index in [-0.39, 0.29) is 11.3 Å². The van der Waals surface area contributed by atoms with E-state index >= 15 is 0 Å². The van der Waals surface area contributed by atoms with E-state index in [2.05, 4.69) is 10.1 Å². The molecular formula is C13H13N3O3. The number of hydrogen-bond acceptors (Lipinski definition) is 4. The molecule has 0 saturated carbocycles. The number of pyridine rings is 1. The number of carboxylic acid groups (broad SMARTS) is 1. The van der Waals surface area contributed by atoms with Crippen LogP contribution < -0.4 is 0 Å². The fourth-order valence-electron chi connectivity index (χ4n) is 1.67. The fourth-order valence-corrected chi connectivity index (χ4v) is 1.67. The lowest BCUT2D eigenvalue weighted by atomic mass is 10.2. The summed E-state index contributed by atoms with van der Waals surface area (Å²) in [6.07, 6.45) is 3.33. The quantitative estimate of drug-likeness (QED) is 0.847. The molecule has 0 fully saturated rings. The molecule has 0 saturated heterocycles. The number of hydrogen-bond donors (Lipinski definition) is 1. The van der Waals surface area contributed by atoms with Crippen molar-refractivity contribution in [3.05, 3.63) is 41.5 Å². The molecule has 19 heavy (non-hydrogen) atoms. The van der Waals surface area contributed by atoms with Gasteiger partial charge < -0.3 is 5.11 Å². The third-order valence-corrected chi connectivity index (χ3v) is 2.75. The van der Waals surface area contributed by atoms with Gasteiger partial charge in [-0.05, 0) is 19.1 Å². The number of nitrogens with zero attached hydrogens (tertiary/aromatic N) is 3. The molecule has 0 bridgehead atoms. The van der Waals surface area contributed by atoms with E-state index in [0.29, 0.717) is 23.5 Å². The standard InChI is InChI=1S/C13H13N3O3/c1-3-12(17)11-5-4-9(6-14-11)16-7-10(13(18)19)8(2)15-16/h4-7H,3H2,1-2H3,(H,18,19). The zero-order valence-electron chi connectivity index (χ0n) is 10.6. The molecule has 0 spiro atoms. The Hall–Kier alpha value is -2.50. The van der Waals surface area contributed by atoms with Gasteiger partial charge in [0.05, 0.1) is 17.6 Å². The Kier molecular flexibility index (Phi) is 3.41. The third kappa shape index (κ3) is 2.52. The number of Topliss-reactive ketones (excluding diaryl/α,β-unsaturated/α-hetero) is 1. The van der Waals surface area contributed by atoms with E-state index in [1.165, 1.54) is 17.1 Å². The summed E-state index contributed by atoms with van der Waals surface area (Å²) < 4.78 is 1.44. The maximum atomic E-state index is 11.4. The second kappa shape index (κ2) is 5.01. The predicted octanol–water partition coefficient (Wildman–Crippen LogP) is 1.87. The van der Waals surface area contributed by atoms with Crippen LogP contribution in [0.15, 0.2) is 24.5 Å². The van der Waals surface area contributed by atoms with Gasteiger partial charge in [-0.3, -0.25) is 9.78 Å². The first-order valence-electron chi connectivity index (χ1n) is 5.82. The number of aromatic nitrogens is 3. The van der Waals surface area contributed by atoms with Crippen LogP contribution in [0.1, 0.15) is 39.9 Å². The van der Waals surface area contributed by atoms with Crippen LogP contribution in [-0.4, -0.2) is 31.6 Å². The first kappa shape index (κ1) is 12.9. The Morgan fingerprint density at radius 3 is 2.58 bits per heavy atom. The summed E-state index contributed by atoms with van der Waals surface area (Å²) in [7, 11) is 0. The zero-order valence-corrected chi connectivity index (χ0v) is 10.6. The number of carbonyl (C=O) groups is 2. The Labute approximate surface area is 109 Å². The van der Waals surface area contributed by atoms with Crippen LogP contribution >= 0.6 is 0 Å². The molecular weight excluding hydrogens is 246 g/mol. The molecule has 2 aromatic rings. The van der Waals surface area contributed by atoms with Crippen LogP contribution in [0.5, 0.6) is 0 Å². The van der Waals surface area contributed by atoms with E-state index < -0.39 is 5.97 Å². The predicted molar refractivity (Wildman–Crippen MR) is 67.7 cm³/mol. The molecule has 0 atom stereocenters. The van der Waals surface area contributed by atoms with Gasteiger partial charge in [-0.25, -0.2) is 9.48 Å².